The Labute approximate surface area is 175 Å². The van der Waals surface area contributed by atoms with E-state index >= 15 is 0 Å². The molecule has 2 aromatic rings. The second-order valence-electron chi connectivity index (χ2n) is 7.46. The standard InChI is InChI=1S/C21H26N2O4S2/c1-3-15-6-9-18-16(12-15)13-19(28-18)21(25)23-22-20(24)10-11-29(26,27)17-7-4-14(2)5-8-17/h4-5,7-8,13,15H,3,6,9-12H2,1-2H3,(H,22,24)(H,23,25)/t15-/m1/s1. The number of sulfone groups is 1. The van der Waals surface area contributed by atoms with E-state index in [0.29, 0.717) is 10.8 Å². The van der Waals surface area contributed by atoms with E-state index in [2.05, 4.69) is 17.8 Å². The molecule has 0 aliphatic heterocycles. The van der Waals surface area contributed by atoms with Crippen molar-refractivity contribution >= 4 is 33.0 Å². The molecule has 0 radical (unpaired) electrons. The summed E-state index contributed by atoms with van der Waals surface area (Å²) in [5, 5.41) is 0. The van der Waals surface area contributed by atoms with Crippen molar-refractivity contribution < 1.29 is 18.0 Å². The van der Waals surface area contributed by atoms with Crippen LogP contribution in [0.2, 0.25) is 0 Å². The van der Waals surface area contributed by atoms with Gasteiger partial charge < -0.3 is 0 Å². The summed E-state index contributed by atoms with van der Waals surface area (Å²) >= 11 is 1.46. The number of hydrazine groups is 1. The molecule has 2 N–H and O–H groups in total. The zero-order chi connectivity index (χ0) is 21.0. The lowest BCUT2D eigenvalue weighted by Crippen LogP contribution is -2.41. The summed E-state index contributed by atoms with van der Waals surface area (Å²) < 4.78 is 24.6. The summed E-state index contributed by atoms with van der Waals surface area (Å²) in [4.78, 5) is 26.3. The van der Waals surface area contributed by atoms with E-state index in [1.165, 1.54) is 33.9 Å². The van der Waals surface area contributed by atoms with Crippen molar-refractivity contribution in [2.45, 2.75) is 50.8 Å². The molecule has 1 aromatic carbocycles. The number of fused-ring (bicyclic) bond motifs is 1. The molecular formula is C21H26N2O4S2. The summed E-state index contributed by atoms with van der Waals surface area (Å²) in [5.74, 6) is -0.555. The molecule has 1 atom stereocenters. The molecule has 0 fully saturated rings. The van der Waals surface area contributed by atoms with Gasteiger partial charge in [-0.15, -0.1) is 11.3 Å². The molecule has 1 aliphatic carbocycles. The van der Waals surface area contributed by atoms with Crippen molar-refractivity contribution in [3.05, 3.63) is 51.2 Å². The first kappa shape index (κ1) is 21.5. The molecular weight excluding hydrogens is 408 g/mol. The Balaban J connectivity index is 1.50. The number of carbonyl (C=O) groups excluding carboxylic acids is 2. The highest BCUT2D eigenvalue weighted by Gasteiger charge is 2.22. The van der Waals surface area contributed by atoms with Gasteiger partial charge >= 0.3 is 0 Å². The van der Waals surface area contributed by atoms with Crippen LogP contribution in [0.3, 0.4) is 0 Å². The third-order valence-electron chi connectivity index (χ3n) is 5.28. The number of nitrogens with one attached hydrogen (secondary N) is 2. The predicted octanol–water partition coefficient (Wildman–Crippen LogP) is 3.20. The van der Waals surface area contributed by atoms with Gasteiger partial charge in [0, 0.05) is 11.3 Å². The number of thiophene rings is 1. The summed E-state index contributed by atoms with van der Waals surface area (Å²) in [6, 6.07) is 8.41. The van der Waals surface area contributed by atoms with Crippen LogP contribution in [0.4, 0.5) is 0 Å². The van der Waals surface area contributed by atoms with Crippen molar-refractivity contribution in [2.24, 2.45) is 5.92 Å². The topological polar surface area (TPSA) is 92.3 Å². The van der Waals surface area contributed by atoms with Gasteiger partial charge in [0.05, 0.1) is 15.5 Å². The Morgan fingerprint density at radius 3 is 2.59 bits per heavy atom. The molecule has 6 nitrogen and oxygen atoms in total. The van der Waals surface area contributed by atoms with E-state index in [1.807, 2.05) is 13.0 Å². The Morgan fingerprint density at radius 2 is 1.90 bits per heavy atom. The molecule has 0 unspecified atom stereocenters. The monoisotopic (exact) mass is 434 g/mol. The fourth-order valence-corrected chi connectivity index (χ4v) is 5.74. The third kappa shape index (κ3) is 5.45. The highest BCUT2D eigenvalue weighted by Crippen LogP contribution is 2.33. The SMILES string of the molecule is CC[C@@H]1CCc2sc(C(=O)NNC(=O)CCS(=O)(=O)c3ccc(C)cc3)cc2C1. The second-order valence-corrected chi connectivity index (χ2v) is 10.7. The molecule has 0 spiro atoms. The van der Waals surface area contributed by atoms with E-state index in [-0.39, 0.29) is 23.0 Å². The summed E-state index contributed by atoms with van der Waals surface area (Å²) in [6.45, 7) is 4.06. The van der Waals surface area contributed by atoms with Crippen LogP contribution in [-0.2, 0) is 27.5 Å². The average Bonchev–Trinajstić information content (AvgIpc) is 3.14. The van der Waals surface area contributed by atoms with E-state index in [0.717, 1.165) is 31.2 Å². The smallest absolute Gasteiger partial charge is 0.273 e. The molecule has 1 aliphatic rings. The van der Waals surface area contributed by atoms with E-state index in [4.69, 9.17) is 0 Å². The van der Waals surface area contributed by atoms with Crippen LogP contribution in [0.25, 0.3) is 0 Å². The molecule has 0 bridgehead atoms. The minimum atomic E-state index is -3.54. The molecule has 3 rings (SSSR count). The van der Waals surface area contributed by atoms with E-state index in [1.54, 1.807) is 12.1 Å². The van der Waals surface area contributed by atoms with Crippen LogP contribution in [0, 0.1) is 12.8 Å². The van der Waals surface area contributed by atoms with Crippen LogP contribution < -0.4 is 10.9 Å². The highest BCUT2D eigenvalue weighted by molar-refractivity contribution is 7.91. The van der Waals surface area contributed by atoms with Crippen LogP contribution in [0.15, 0.2) is 35.2 Å². The fourth-order valence-electron chi connectivity index (χ4n) is 3.40. The maximum absolute atomic E-state index is 12.3. The Hall–Kier alpha value is -2.19. The predicted molar refractivity (Wildman–Crippen MR) is 114 cm³/mol. The minimum Gasteiger partial charge on any atom is -0.273 e. The fraction of sp³-hybridized carbons (Fsp3) is 0.429. The van der Waals surface area contributed by atoms with Crippen LogP contribution in [-0.4, -0.2) is 26.0 Å². The van der Waals surface area contributed by atoms with E-state index < -0.39 is 15.7 Å². The van der Waals surface area contributed by atoms with Gasteiger partial charge in [-0.3, -0.25) is 20.4 Å². The lowest BCUT2D eigenvalue weighted by molar-refractivity contribution is -0.121. The van der Waals surface area contributed by atoms with Crippen molar-refractivity contribution in [1.82, 2.24) is 10.9 Å². The zero-order valence-electron chi connectivity index (χ0n) is 16.7. The summed E-state index contributed by atoms with van der Waals surface area (Å²) in [5.41, 5.74) is 6.91. The van der Waals surface area contributed by atoms with Gasteiger partial charge in [0.2, 0.25) is 5.91 Å². The average molecular weight is 435 g/mol. The number of carbonyl (C=O) groups is 2. The Bertz CT molecular complexity index is 994. The molecule has 0 saturated heterocycles. The number of benzene rings is 1. The zero-order valence-corrected chi connectivity index (χ0v) is 18.3. The lowest BCUT2D eigenvalue weighted by atomic mass is 9.87. The van der Waals surface area contributed by atoms with Crippen LogP contribution >= 0.6 is 11.3 Å². The quantitative estimate of drug-likeness (QED) is 0.683. The molecule has 2 amide bonds. The largest absolute Gasteiger partial charge is 0.279 e. The van der Waals surface area contributed by atoms with Gasteiger partial charge in [0.25, 0.3) is 5.91 Å². The van der Waals surface area contributed by atoms with Gasteiger partial charge in [-0.25, -0.2) is 8.42 Å². The van der Waals surface area contributed by atoms with Gasteiger partial charge in [-0.1, -0.05) is 31.0 Å². The first-order valence-electron chi connectivity index (χ1n) is 9.78. The van der Waals surface area contributed by atoms with Gasteiger partial charge in [0.15, 0.2) is 9.84 Å². The maximum atomic E-state index is 12.3. The molecule has 29 heavy (non-hydrogen) atoms. The molecule has 1 heterocycles. The van der Waals surface area contributed by atoms with Gasteiger partial charge in [0.1, 0.15) is 0 Å². The number of rotatable bonds is 6. The van der Waals surface area contributed by atoms with Gasteiger partial charge in [-0.05, 0) is 55.9 Å². The first-order chi connectivity index (χ1) is 13.8. The normalized spacial score (nSPS) is 16.1. The molecule has 8 heteroatoms. The Kier molecular flexibility index (Phi) is 6.74. The van der Waals surface area contributed by atoms with Crippen molar-refractivity contribution in [3.8, 4) is 0 Å². The third-order valence-corrected chi connectivity index (χ3v) is 8.25. The minimum absolute atomic E-state index is 0.189. The number of aryl methyl sites for hydroxylation is 2. The highest BCUT2D eigenvalue weighted by atomic mass is 32.2. The van der Waals surface area contributed by atoms with E-state index in [9.17, 15) is 18.0 Å². The maximum Gasteiger partial charge on any atom is 0.279 e. The number of amides is 2. The van der Waals surface area contributed by atoms with Crippen LogP contribution in [0.5, 0.6) is 0 Å². The molecule has 156 valence electrons. The summed E-state index contributed by atoms with van der Waals surface area (Å²) in [6.07, 6.45) is 4.05. The van der Waals surface area contributed by atoms with Crippen molar-refractivity contribution in [2.75, 3.05) is 5.75 Å². The molecule has 1 aromatic heterocycles. The van der Waals surface area contributed by atoms with Crippen LogP contribution in [0.1, 0.15) is 51.9 Å². The summed E-state index contributed by atoms with van der Waals surface area (Å²) in [7, 11) is -3.54. The van der Waals surface area contributed by atoms with Crippen molar-refractivity contribution in [1.29, 1.82) is 0 Å². The first-order valence-corrected chi connectivity index (χ1v) is 12.3. The molecule has 0 saturated carbocycles. The number of hydrogen-bond acceptors (Lipinski definition) is 5. The van der Waals surface area contributed by atoms with Gasteiger partial charge in [-0.2, -0.15) is 0 Å². The lowest BCUT2D eigenvalue weighted by Gasteiger charge is -2.19. The second kappa shape index (κ2) is 9.09. The Morgan fingerprint density at radius 1 is 1.17 bits per heavy atom. The number of hydrogen-bond donors (Lipinski definition) is 2. The van der Waals surface area contributed by atoms with Crippen molar-refractivity contribution in [3.63, 3.8) is 0 Å².